The fourth-order valence-electron chi connectivity index (χ4n) is 3.14. The number of nitrogens with zero attached hydrogens (tertiary/aromatic N) is 1. The molecule has 0 amide bonds. The number of carbonyl (C=O) groups excluding carboxylic acids is 1. The number of hydrogen-bond donors (Lipinski definition) is 1. The molecule has 0 aliphatic carbocycles. The monoisotopic (exact) mass is 322 g/mol. The number of methoxy groups -OCH3 is 1. The molecule has 2 heterocycles. The minimum atomic E-state index is -0.372. The molecule has 2 aliphatic heterocycles. The fourth-order valence-corrected chi connectivity index (χ4v) is 3.14. The molecule has 0 spiro atoms. The zero-order valence-electron chi connectivity index (χ0n) is 14.2. The van der Waals surface area contributed by atoms with Gasteiger partial charge in [0.05, 0.1) is 32.3 Å². The molecule has 6 nitrogen and oxygen atoms in total. The van der Waals surface area contributed by atoms with Crippen molar-refractivity contribution in [2.45, 2.75) is 39.5 Å². The third-order valence-corrected chi connectivity index (χ3v) is 4.18. The van der Waals surface area contributed by atoms with Gasteiger partial charge in [0.15, 0.2) is 0 Å². The molecule has 0 aromatic heterocycles. The Morgan fingerprint density at radius 1 is 1.39 bits per heavy atom. The van der Waals surface area contributed by atoms with E-state index in [1.54, 1.807) is 12.2 Å². The summed E-state index contributed by atoms with van der Waals surface area (Å²) in [5, 5.41) is 1.69. The van der Waals surface area contributed by atoms with E-state index >= 15 is 0 Å². The number of ether oxygens (including phenoxy) is 2. The van der Waals surface area contributed by atoms with Crippen LogP contribution >= 0.6 is 0 Å². The van der Waals surface area contributed by atoms with E-state index in [-0.39, 0.29) is 24.0 Å². The van der Waals surface area contributed by atoms with Gasteiger partial charge < -0.3 is 15.2 Å². The van der Waals surface area contributed by atoms with E-state index in [1.807, 2.05) is 39.0 Å². The SMILES string of the molecule is CC.COc1c(C)cccc1CN1OC(CN)[C@H]2COC(=O)[C@H]21. The molecule has 3 rings (SSSR count). The molecule has 2 aliphatic rings. The lowest BCUT2D eigenvalue weighted by atomic mass is 9.98. The van der Waals surface area contributed by atoms with Crippen LogP contribution in [0.25, 0.3) is 0 Å². The summed E-state index contributed by atoms with van der Waals surface area (Å²) in [5.74, 6) is 0.598. The lowest BCUT2D eigenvalue weighted by Crippen LogP contribution is -2.35. The first kappa shape index (κ1) is 17.7. The maximum atomic E-state index is 11.9. The summed E-state index contributed by atoms with van der Waals surface area (Å²) >= 11 is 0. The summed E-state index contributed by atoms with van der Waals surface area (Å²) in [6.07, 6.45) is -0.169. The highest BCUT2D eigenvalue weighted by Crippen LogP contribution is 2.35. The van der Waals surface area contributed by atoms with Crippen molar-refractivity contribution in [2.75, 3.05) is 20.3 Å². The number of cyclic esters (lactones) is 1. The second-order valence-electron chi connectivity index (χ2n) is 5.46. The normalized spacial score (nSPS) is 26.3. The van der Waals surface area contributed by atoms with E-state index in [0.29, 0.717) is 19.7 Å². The third-order valence-electron chi connectivity index (χ3n) is 4.18. The first-order valence-corrected chi connectivity index (χ1v) is 8.08. The van der Waals surface area contributed by atoms with Crippen molar-refractivity contribution in [1.82, 2.24) is 5.06 Å². The molecule has 1 aromatic rings. The Balaban J connectivity index is 0.000000924. The maximum Gasteiger partial charge on any atom is 0.326 e. The van der Waals surface area contributed by atoms with Gasteiger partial charge in [-0.3, -0.25) is 9.63 Å². The number of nitrogens with two attached hydrogens (primary N) is 1. The molecule has 2 N–H and O–H groups in total. The quantitative estimate of drug-likeness (QED) is 0.850. The molecule has 6 heteroatoms. The van der Waals surface area contributed by atoms with Crippen molar-refractivity contribution in [3.05, 3.63) is 29.3 Å². The third kappa shape index (κ3) is 3.34. The van der Waals surface area contributed by atoms with Gasteiger partial charge in [-0.2, -0.15) is 5.06 Å². The van der Waals surface area contributed by atoms with Gasteiger partial charge in [-0.25, -0.2) is 0 Å². The first-order valence-electron chi connectivity index (χ1n) is 8.08. The largest absolute Gasteiger partial charge is 0.496 e. The van der Waals surface area contributed by atoms with E-state index in [0.717, 1.165) is 16.9 Å². The predicted octanol–water partition coefficient (Wildman–Crippen LogP) is 1.65. The topological polar surface area (TPSA) is 74.0 Å². The molecule has 1 unspecified atom stereocenters. The molecule has 0 bridgehead atoms. The molecule has 3 atom stereocenters. The molecule has 0 saturated carbocycles. The van der Waals surface area contributed by atoms with Crippen molar-refractivity contribution in [3.63, 3.8) is 0 Å². The van der Waals surface area contributed by atoms with Crippen LogP contribution < -0.4 is 10.5 Å². The van der Waals surface area contributed by atoms with Crippen molar-refractivity contribution in [3.8, 4) is 5.75 Å². The zero-order chi connectivity index (χ0) is 17.0. The summed E-state index contributed by atoms with van der Waals surface area (Å²) in [6.45, 7) is 7.21. The van der Waals surface area contributed by atoms with Gasteiger partial charge in [0.1, 0.15) is 11.8 Å². The number of fused-ring (bicyclic) bond motifs is 1. The lowest BCUT2D eigenvalue weighted by Gasteiger charge is -2.21. The Kier molecular flexibility index (Phi) is 5.98. The van der Waals surface area contributed by atoms with Crippen molar-refractivity contribution < 1.29 is 19.1 Å². The van der Waals surface area contributed by atoms with Gasteiger partial charge in [-0.1, -0.05) is 32.0 Å². The average molecular weight is 322 g/mol. The first-order chi connectivity index (χ1) is 11.2. The lowest BCUT2D eigenvalue weighted by molar-refractivity contribution is -0.186. The van der Waals surface area contributed by atoms with Gasteiger partial charge in [0.2, 0.25) is 0 Å². The number of carbonyl (C=O) groups is 1. The molecular weight excluding hydrogens is 296 g/mol. The molecule has 1 aromatic carbocycles. The number of benzene rings is 1. The summed E-state index contributed by atoms with van der Waals surface area (Å²) in [4.78, 5) is 17.8. The maximum absolute atomic E-state index is 11.9. The fraction of sp³-hybridized carbons (Fsp3) is 0.588. The highest BCUT2D eigenvalue weighted by Gasteiger charge is 2.52. The van der Waals surface area contributed by atoms with Crippen LogP contribution in [0.1, 0.15) is 25.0 Å². The second kappa shape index (κ2) is 7.77. The highest BCUT2D eigenvalue weighted by molar-refractivity contribution is 5.78. The van der Waals surface area contributed by atoms with Crippen LogP contribution in [0.5, 0.6) is 5.75 Å². The van der Waals surface area contributed by atoms with E-state index < -0.39 is 0 Å². The molecule has 2 fully saturated rings. The number of para-hydroxylation sites is 1. The van der Waals surface area contributed by atoms with E-state index in [9.17, 15) is 4.79 Å². The molecule has 0 radical (unpaired) electrons. The Hall–Kier alpha value is -1.63. The van der Waals surface area contributed by atoms with E-state index in [1.165, 1.54) is 0 Å². The van der Waals surface area contributed by atoms with Gasteiger partial charge in [-0.15, -0.1) is 0 Å². The Morgan fingerprint density at radius 2 is 2.13 bits per heavy atom. The summed E-state index contributed by atoms with van der Waals surface area (Å²) in [5.41, 5.74) is 7.76. The summed E-state index contributed by atoms with van der Waals surface area (Å²) in [7, 11) is 1.64. The standard InChI is InChI=1S/C15H20N2O4.C2H6/c1-9-4-3-5-10(14(9)19-2)7-17-13-11(8-20-15(13)18)12(6-16)21-17;1-2/h3-5,11-13H,6-8,16H2,1-2H3;1-2H3/t11-,12?,13+;/m1./s1. The van der Waals surface area contributed by atoms with Crippen LogP contribution in [0, 0.1) is 12.8 Å². The number of hydrogen-bond acceptors (Lipinski definition) is 6. The highest BCUT2D eigenvalue weighted by atomic mass is 16.7. The minimum absolute atomic E-state index is 0.0123. The van der Waals surface area contributed by atoms with E-state index in [2.05, 4.69) is 0 Å². The number of rotatable bonds is 4. The van der Waals surface area contributed by atoms with Gasteiger partial charge >= 0.3 is 5.97 Å². The molecule has 128 valence electrons. The van der Waals surface area contributed by atoms with Gasteiger partial charge in [0.25, 0.3) is 0 Å². The number of esters is 1. The van der Waals surface area contributed by atoms with Crippen LogP contribution in [0.4, 0.5) is 0 Å². The van der Waals surface area contributed by atoms with Gasteiger partial charge in [-0.05, 0) is 12.5 Å². The van der Waals surface area contributed by atoms with Crippen LogP contribution in [0.2, 0.25) is 0 Å². The molecular formula is C17H26N2O4. The Bertz CT molecular complexity index is 549. The number of aryl methyl sites for hydroxylation is 1. The summed E-state index contributed by atoms with van der Waals surface area (Å²) in [6, 6.07) is 5.56. The minimum Gasteiger partial charge on any atom is -0.496 e. The van der Waals surface area contributed by atoms with Crippen LogP contribution in [0.3, 0.4) is 0 Å². The van der Waals surface area contributed by atoms with Crippen LogP contribution in [-0.2, 0) is 20.9 Å². The van der Waals surface area contributed by atoms with E-state index in [4.69, 9.17) is 20.0 Å². The van der Waals surface area contributed by atoms with Crippen LogP contribution in [-0.4, -0.2) is 43.4 Å². The number of hydroxylamine groups is 2. The van der Waals surface area contributed by atoms with Gasteiger partial charge in [0, 0.05) is 12.1 Å². The Morgan fingerprint density at radius 3 is 2.78 bits per heavy atom. The zero-order valence-corrected chi connectivity index (χ0v) is 14.2. The average Bonchev–Trinajstić information content (AvgIpc) is 3.11. The molecule has 2 saturated heterocycles. The Labute approximate surface area is 137 Å². The van der Waals surface area contributed by atoms with Crippen molar-refractivity contribution in [2.24, 2.45) is 11.7 Å². The van der Waals surface area contributed by atoms with Crippen molar-refractivity contribution >= 4 is 5.97 Å². The summed E-state index contributed by atoms with van der Waals surface area (Å²) < 4.78 is 10.6. The predicted molar refractivity (Wildman–Crippen MR) is 86.8 cm³/mol. The van der Waals surface area contributed by atoms with Crippen molar-refractivity contribution in [1.29, 1.82) is 0 Å². The van der Waals surface area contributed by atoms with Crippen LogP contribution in [0.15, 0.2) is 18.2 Å². The smallest absolute Gasteiger partial charge is 0.326 e. The molecule has 23 heavy (non-hydrogen) atoms. The second-order valence-corrected chi connectivity index (χ2v) is 5.46.